The van der Waals surface area contributed by atoms with Crippen LogP contribution in [-0.2, 0) is 0 Å². The van der Waals surface area contributed by atoms with Crippen LogP contribution in [0.5, 0.6) is 0 Å². The van der Waals surface area contributed by atoms with Crippen LogP contribution < -0.4 is 17.2 Å². The lowest BCUT2D eigenvalue weighted by Gasteiger charge is -2.02. The number of halogens is 2. The molecule has 0 bridgehead atoms. The Balaban J connectivity index is 0.000000980. The SMILES string of the molecule is Cl.Cl.Nc1ccc2nc(N)nc(N)c2c1. The van der Waals surface area contributed by atoms with Crippen molar-refractivity contribution < 1.29 is 0 Å². The van der Waals surface area contributed by atoms with Crippen molar-refractivity contribution in [2.45, 2.75) is 0 Å². The molecule has 0 aliphatic rings. The minimum absolute atomic E-state index is 0. The van der Waals surface area contributed by atoms with Crippen LogP contribution in [0, 0.1) is 0 Å². The summed E-state index contributed by atoms with van der Waals surface area (Å²) >= 11 is 0. The lowest BCUT2D eigenvalue weighted by molar-refractivity contribution is 1.25. The molecular formula is C8H11Cl2N5. The summed E-state index contributed by atoms with van der Waals surface area (Å²) in [6, 6.07) is 5.23. The molecule has 0 atom stereocenters. The minimum atomic E-state index is 0. The third-order valence-corrected chi connectivity index (χ3v) is 1.77. The third kappa shape index (κ3) is 2.51. The molecule has 0 radical (unpaired) electrons. The molecule has 0 aliphatic carbocycles. The Bertz CT molecular complexity index is 474. The van der Waals surface area contributed by atoms with Gasteiger partial charge in [0.1, 0.15) is 5.82 Å². The van der Waals surface area contributed by atoms with E-state index in [2.05, 4.69) is 9.97 Å². The molecule has 1 heterocycles. The van der Waals surface area contributed by atoms with Crippen molar-refractivity contribution in [3.05, 3.63) is 18.2 Å². The second-order valence-corrected chi connectivity index (χ2v) is 2.74. The van der Waals surface area contributed by atoms with Gasteiger partial charge in [0.2, 0.25) is 5.95 Å². The van der Waals surface area contributed by atoms with Crippen LogP contribution in [-0.4, -0.2) is 9.97 Å². The molecular weight excluding hydrogens is 237 g/mol. The number of hydrogen-bond acceptors (Lipinski definition) is 5. The van der Waals surface area contributed by atoms with Crippen LogP contribution in [0.4, 0.5) is 17.5 Å². The zero-order valence-electron chi connectivity index (χ0n) is 7.68. The van der Waals surface area contributed by atoms with Gasteiger partial charge in [0.15, 0.2) is 0 Å². The van der Waals surface area contributed by atoms with Crippen LogP contribution in [0.2, 0.25) is 0 Å². The highest BCUT2D eigenvalue weighted by atomic mass is 35.5. The Labute approximate surface area is 98.9 Å². The van der Waals surface area contributed by atoms with Gasteiger partial charge in [-0.1, -0.05) is 0 Å². The lowest BCUT2D eigenvalue weighted by atomic mass is 10.2. The maximum atomic E-state index is 5.64. The van der Waals surface area contributed by atoms with Crippen LogP contribution in [0.25, 0.3) is 10.9 Å². The fraction of sp³-hybridized carbons (Fsp3) is 0. The van der Waals surface area contributed by atoms with E-state index in [0.717, 1.165) is 5.39 Å². The molecule has 0 aliphatic heterocycles. The fourth-order valence-corrected chi connectivity index (χ4v) is 1.19. The van der Waals surface area contributed by atoms with Gasteiger partial charge in [-0.15, -0.1) is 24.8 Å². The smallest absolute Gasteiger partial charge is 0.222 e. The van der Waals surface area contributed by atoms with Gasteiger partial charge < -0.3 is 17.2 Å². The molecule has 0 unspecified atom stereocenters. The molecule has 6 N–H and O–H groups in total. The Morgan fingerprint density at radius 1 is 0.933 bits per heavy atom. The summed E-state index contributed by atoms with van der Waals surface area (Å²) in [7, 11) is 0. The van der Waals surface area contributed by atoms with Gasteiger partial charge in [-0.3, -0.25) is 0 Å². The van der Waals surface area contributed by atoms with E-state index in [1.54, 1.807) is 18.2 Å². The van der Waals surface area contributed by atoms with E-state index >= 15 is 0 Å². The predicted molar refractivity (Wildman–Crippen MR) is 67.3 cm³/mol. The molecule has 2 rings (SSSR count). The molecule has 0 amide bonds. The van der Waals surface area contributed by atoms with E-state index < -0.39 is 0 Å². The van der Waals surface area contributed by atoms with Gasteiger partial charge in [0.25, 0.3) is 0 Å². The zero-order valence-corrected chi connectivity index (χ0v) is 9.31. The number of nitrogen functional groups attached to an aromatic ring is 3. The summed E-state index contributed by atoms with van der Waals surface area (Å²) in [5, 5.41) is 0.731. The molecule has 15 heavy (non-hydrogen) atoms. The summed E-state index contributed by atoms with van der Waals surface area (Å²) in [5.41, 5.74) is 18.0. The van der Waals surface area contributed by atoms with Crippen molar-refractivity contribution >= 4 is 53.2 Å². The first kappa shape index (κ1) is 13.5. The standard InChI is InChI=1S/C8H9N5.2ClH/c9-4-1-2-6-5(3-4)7(10)13-8(11)12-6;;/h1-3H,9H2,(H4,10,11,12,13);2*1H. The Morgan fingerprint density at radius 3 is 2.27 bits per heavy atom. The van der Waals surface area contributed by atoms with E-state index in [9.17, 15) is 0 Å². The minimum Gasteiger partial charge on any atom is -0.399 e. The van der Waals surface area contributed by atoms with Crippen molar-refractivity contribution in [3.8, 4) is 0 Å². The maximum Gasteiger partial charge on any atom is 0.222 e. The zero-order chi connectivity index (χ0) is 9.42. The van der Waals surface area contributed by atoms with Gasteiger partial charge in [0.05, 0.1) is 5.52 Å². The number of anilines is 3. The van der Waals surface area contributed by atoms with E-state index in [1.807, 2.05) is 0 Å². The number of fused-ring (bicyclic) bond motifs is 1. The number of hydrogen-bond donors (Lipinski definition) is 3. The number of benzene rings is 1. The largest absolute Gasteiger partial charge is 0.399 e. The quantitative estimate of drug-likeness (QED) is 0.608. The topological polar surface area (TPSA) is 104 Å². The fourth-order valence-electron chi connectivity index (χ4n) is 1.19. The van der Waals surface area contributed by atoms with E-state index in [0.29, 0.717) is 17.0 Å². The number of nitrogens with two attached hydrogens (primary N) is 3. The molecule has 1 aromatic carbocycles. The average Bonchev–Trinajstić information content (AvgIpc) is 2.06. The van der Waals surface area contributed by atoms with Crippen molar-refractivity contribution in [1.29, 1.82) is 0 Å². The summed E-state index contributed by atoms with van der Waals surface area (Å²) in [6.07, 6.45) is 0. The highest BCUT2D eigenvalue weighted by Crippen LogP contribution is 2.20. The summed E-state index contributed by atoms with van der Waals surface area (Å²) in [5.74, 6) is 0.532. The summed E-state index contributed by atoms with van der Waals surface area (Å²) in [4.78, 5) is 7.84. The summed E-state index contributed by atoms with van der Waals surface area (Å²) in [6.45, 7) is 0. The van der Waals surface area contributed by atoms with Gasteiger partial charge in [-0.05, 0) is 18.2 Å². The molecule has 2 aromatic rings. The van der Waals surface area contributed by atoms with Crippen molar-refractivity contribution in [3.63, 3.8) is 0 Å². The molecule has 0 saturated carbocycles. The monoisotopic (exact) mass is 247 g/mol. The van der Waals surface area contributed by atoms with E-state index in [-0.39, 0.29) is 30.8 Å². The molecule has 5 nitrogen and oxygen atoms in total. The van der Waals surface area contributed by atoms with Crippen molar-refractivity contribution in [1.82, 2.24) is 9.97 Å². The number of aromatic nitrogens is 2. The molecule has 82 valence electrons. The molecule has 1 aromatic heterocycles. The molecule has 0 fully saturated rings. The summed E-state index contributed by atoms with van der Waals surface area (Å²) < 4.78 is 0. The second kappa shape index (κ2) is 4.86. The van der Waals surface area contributed by atoms with Gasteiger partial charge in [0, 0.05) is 11.1 Å². The first-order valence-corrected chi connectivity index (χ1v) is 3.75. The average molecular weight is 248 g/mol. The van der Waals surface area contributed by atoms with Crippen LogP contribution in [0.3, 0.4) is 0 Å². The Hall–Kier alpha value is -1.46. The van der Waals surface area contributed by atoms with E-state index in [4.69, 9.17) is 17.2 Å². The van der Waals surface area contributed by atoms with Gasteiger partial charge in [-0.2, -0.15) is 4.98 Å². The highest BCUT2D eigenvalue weighted by molar-refractivity contribution is 5.91. The molecule has 0 saturated heterocycles. The number of nitrogens with zero attached hydrogens (tertiary/aromatic N) is 2. The van der Waals surface area contributed by atoms with Crippen LogP contribution in [0.15, 0.2) is 18.2 Å². The third-order valence-electron chi connectivity index (χ3n) is 1.77. The molecule has 7 heteroatoms. The van der Waals surface area contributed by atoms with Gasteiger partial charge in [-0.25, -0.2) is 4.98 Å². The van der Waals surface area contributed by atoms with Crippen LogP contribution >= 0.6 is 24.8 Å². The normalized spacial score (nSPS) is 9.07. The van der Waals surface area contributed by atoms with Gasteiger partial charge >= 0.3 is 0 Å². The van der Waals surface area contributed by atoms with Crippen molar-refractivity contribution in [2.75, 3.05) is 17.2 Å². The van der Waals surface area contributed by atoms with Crippen molar-refractivity contribution in [2.24, 2.45) is 0 Å². The second-order valence-electron chi connectivity index (χ2n) is 2.74. The van der Waals surface area contributed by atoms with E-state index in [1.165, 1.54) is 0 Å². The highest BCUT2D eigenvalue weighted by Gasteiger charge is 2.02. The lowest BCUT2D eigenvalue weighted by Crippen LogP contribution is -2.00. The van der Waals surface area contributed by atoms with Crippen LogP contribution in [0.1, 0.15) is 0 Å². The Morgan fingerprint density at radius 2 is 1.60 bits per heavy atom. The first-order chi connectivity index (χ1) is 6.16. The Kier molecular flexibility index (Phi) is 4.39. The first-order valence-electron chi connectivity index (χ1n) is 3.75. The maximum absolute atomic E-state index is 5.64. The predicted octanol–water partition coefficient (Wildman–Crippen LogP) is 1.22. The number of rotatable bonds is 0. The molecule has 0 spiro atoms.